The van der Waals surface area contributed by atoms with Crippen molar-refractivity contribution in [1.29, 1.82) is 0 Å². The molecule has 4 nitrogen and oxygen atoms in total. The minimum Gasteiger partial charge on any atom is -0.492 e. The lowest BCUT2D eigenvalue weighted by Crippen LogP contribution is -2.02. The molecule has 0 unspecified atom stereocenters. The number of ether oxygens (including phenoxy) is 1. The van der Waals surface area contributed by atoms with Gasteiger partial charge < -0.3 is 4.74 Å². The Kier molecular flexibility index (Phi) is 3.13. The second-order valence-corrected chi connectivity index (χ2v) is 4.99. The molecule has 0 radical (unpaired) electrons. The monoisotopic (exact) mass is 272 g/mol. The summed E-state index contributed by atoms with van der Waals surface area (Å²) in [6.07, 6.45) is 2.39. The number of rotatable bonds is 1. The number of carbonyl (C=O) groups is 1. The molecule has 0 fully saturated rings. The van der Waals surface area contributed by atoms with E-state index >= 15 is 0 Å². The van der Waals surface area contributed by atoms with Gasteiger partial charge in [0.05, 0.1) is 17.9 Å². The van der Waals surface area contributed by atoms with Crippen LogP contribution in [-0.4, -0.2) is 22.0 Å². The zero-order chi connectivity index (χ0) is 13.2. The van der Waals surface area contributed by atoms with Crippen LogP contribution in [0.25, 0.3) is 6.08 Å². The Bertz CT molecular complexity index is 647. The maximum atomic E-state index is 12.5. The summed E-state index contributed by atoms with van der Waals surface area (Å²) in [7, 11) is 0. The van der Waals surface area contributed by atoms with Crippen LogP contribution in [0.15, 0.2) is 29.2 Å². The summed E-state index contributed by atoms with van der Waals surface area (Å²) >= 11 is 1.27. The number of nitrogens with zero attached hydrogens (tertiary/aromatic N) is 2. The quantitative estimate of drug-likeness (QED) is 0.749. The molecule has 3 rings (SSSR count). The lowest BCUT2D eigenvalue weighted by Gasteiger charge is -2.08. The molecule has 5 heteroatoms. The van der Waals surface area contributed by atoms with Gasteiger partial charge in [-0.1, -0.05) is 16.6 Å². The molecule has 1 aromatic carbocycles. The van der Waals surface area contributed by atoms with Gasteiger partial charge in [0.1, 0.15) is 5.75 Å². The summed E-state index contributed by atoms with van der Waals surface area (Å²) in [6, 6.07) is 5.64. The van der Waals surface area contributed by atoms with E-state index < -0.39 is 0 Å². The number of aryl methyl sites for hydroxylation is 1. The molecule has 1 aromatic heterocycles. The summed E-state index contributed by atoms with van der Waals surface area (Å²) in [5.74, 6) is 0.719. The van der Waals surface area contributed by atoms with Gasteiger partial charge in [-0.25, -0.2) is 0 Å². The number of fused-ring (bicyclic) bond motifs is 1. The minimum absolute atomic E-state index is 0.0178. The van der Waals surface area contributed by atoms with Crippen LogP contribution in [0.5, 0.6) is 5.75 Å². The van der Waals surface area contributed by atoms with Gasteiger partial charge in [-0.05, 0) is 36.2 Å². The van der Waals surface area contributed by atoms with Gasteiger partial charge >= 0.3 is 0 Å². The van der Waals surface area contributed by atoms with Crippen molar-refractivity contribution < 1.29 is 9.53 Å². The van der Waals surface area contributed by atoms with Crippen molar-refractivity contribution in [3.8, 4) is 5.75 Å². The normalized spacial score (nSPS) is 16.9. The summed E-state index contributed by atoms with van der Waals surface area (Å²) in [5.41, 5.74) is 3.07. The molecular weight excluding hydrogens is 260 g/mol. The van der Waals surface area contributed by atoms with Crippen LogP contribution in [0.2, 0.25) is 0 Å². The van der Waals surface area contributed by atoms with Crippen LogP contribution >= 0.6 is 11.5 Å². The molecule has 2 heterocycles. The number of Topliss-reactive ketones (excluding diaryl/α,β-unsaturated/α-hetero) is 1. The van der Waals surface area contributed by atoms with Crippen LogP contribution < -0.4 is 4.74 Å². The Balaban J connectivity index is 2.05. The molecule has 2 aromatic rings. The highest BCUT2D eigenvalue weighted by atomic mass is 32.1. The van der Waals surface area contributed by atoms with Crippen molar-refractivity contribution in [3.05, 3.63) is 46.0 Å². The molecule has 19 heavy (non-hydrogen) atoms. The van der Waals surface area contributed by atoms with Gasteiger partial charge in [-0.3, -0.25) is 4.79 Å². The molecular formula is C14H12N2O2S. The molecule has 0 spiro atoms. The average molecular weight is 272 g/mol. The smallest absolute Gasteiger partial charge is 0.192 e. The predicted molar refractivity (Wildman–Crippen MR) is 73.5 cm³/mol. The molecule has 1 aliphatic heterocycles. The molecule has 1 aliphatic rings. The Labute approximate surface area is 114 Å². The van der Waals surface area contributed by atoms with E-state index in [9.17, 15) is 4.79 Å². The zero-order valence-corrected chi connectivity index (χ0v) is 11.2. The molecule has 0 atom stereocenters. The number of para-hydroxylation sites is 1. The second kappa shape index (κ2) is 4.93. The van der Waals surface area contributed by atoms with E-state index in [1.54, 1.807) is 6.08 Å². The fourth-order valence-corrected chi connectivity index (χ4v) is 2.54. The summed E-state index contributed by atoms with van der Waals surface area (Å²) in [4.78, 5) is 12.5. The van der Waals surface area contributed by atoms with E-state index in [0.29, 0.717) is 24.3 Å². The predicted octanol–water partition coefficient (Wildman–Crippen LogP) is 2.90. The molecule has 0 N–H and O–H groups in total. The van der Waals surface area contributed by atoms with E-state index in [1.165, 1.54) is 11.5 Å². The van der Waals surface area contributed by atoms with Gasteiger partial charge in [0.2, 0.25) is 0 Å². The first-order valence-electron chi connectivity index (χ1n) is 6.00. The summed E-state index contributed by atoms with van der Waals surface area (Å²) in [5, 5.41) is 5.77. The van der Waals surface area contributed by atoms with Gasteiger partial charge in [-0.15, -0.1) is 5.10 Å². The number of aromatic nitrogens is 2. The average Bonchev–Trinajstić information content (AvgIpc) is 2.85. The van der Waals surface area contributed by atoms with E-state index in [1.807, 2.05) is 30.5 Å². The summed E-state index contributed by atoms with van der Waals surface area (Å²) < 4.78 is 9.50. The fourth-order valence-electron chi connectivity index (χ4n) is 2.12. The Hall–Kier alpha value is -2.01. The Morgan fingerprint density at radius 3 is 3.11 bits per heavy atom. The van der Waals surface area contributed by atoms with Gasteiger partial charge in [0, 0.05) is 17.4 Å². The van der Waals surface area contributed by atoms with Crippen molar-refractivity contribution in [3.63, 3.8) is 0 Å². The minimum atomic E-state index is 0.0178. The van der Waals surface area contributed by atoms with Crippen LogP contribution in [0, 0.1) is 6.92 Å². The molecule has 0 saturated carbocycles. The van der Waals surface area contributed by atoms with Crippen LogP contribution in [0.3, 0.4) is 0 Å². The first-order valence-corrected chi connectivity index (χ1v) is 6.84. The molecule has 0 saturated heterocycles. The first-order chi connectivity index (χ1) is 9.25. The number of hydrogen-bond acceptors (Lipinski definition) is 5. The van der Waals surface area contributed by atoms with Crippen molar-refractivity contribution in [2.24, 2.45) is 0 Å². The van der Waals surface area contributed by atoms with Crippen molar-refractivity contribution >= 4 is 23.4 Å². The zero-order valence-electron chi connectivity index (χ0n) is 10.4. The van der Waals surface area contributed by atoms with Gasteiger partial charge in [-0.2, -0.15) is 0 Å². The van der Waals surface area contributed by atoms with E-state index in [2.05, 4.69) is 9.59 Å². The van der Waals surface area contributed by atoms with Crippen LogP contribution in [0.4, 0.5) is 0 Å². The van der Waals surface area contributed by atoms with E-state index in [0.717, 1.165) is 16.8 Å². The lowest BCUT2D eigenvalue weighted by atomic mass is 9.99. The topological polar surface area (TPSA) is 52.1 Å². The Morgan fingerprint density at radius 1 is 1.42 bits per heavy atom. The fraction of sp³-hybridized carbons (Fsp3) is 0.214. The van der Waals surface area contributed by atoms with Crippen LogP contribution in [0.1, 0.15) is 28.0 Å². The van der Waals surface area contributed by atoms with Crippen molar-refractivity contribution in [2.75, 3.05) is 6.61 Å². The SMILES string of the molecule is Cc1cccc2c1OCC/C(=C/c1csnn1)C2=O. The Morgan fingerprint density at radius 2 is 2.32 bits per heavy atom. The lowest BCUT2D eigenvalue weighted by molar-refractivity contribution is 0.103. The van der Waals surface area contributed by atoms with Crippen molar-refractivity contribution in [2.45, 2.75) is 13.3 Å². The van der Waals surface area contributed by atoms with E-state index in [4.69, 9.17) is 4.74 Å². The first kappa shape index (κ1) is 12.0. The maximum absolute atomic E-state index is 12.5. The van der Waals surface area contributed by atoms with E-state index in [-0.39, 0.29) is 5.78 Å². The van der Waals surface area contributed by atoms with Crippen molar-refractivity contribution in [1.82, 2.24) is 9.59 Å². The molecule has 0 aliphatic carbocycles. The number of ketones is 1. The molecule has 96 valence electrons. The molecule has 0 amide bonds. The standard InChI is InChI=1S/C14H12N2O2S/c1-9-3-2-4-12-13(17)10(5-6-18-14(9)12)7-11-8-19-16-15-11/h2-4,7-8H,5-6H2,1H3/b10-7-. The largest absolute Gasteiger partial charge is 0.492 e. The van der Waals surface area contributed by atoms with Gasteiger partial charge in [0.15, 0.2) is 5.78 Å². The number of carbonyl (C=O) groups excluding carboxylic acids is 1. The third-order valence-corrected chi connectivity index (χ3v) is 3.59. The van der Waals surface area contributed by atoms with Gasteiger partial charge in [0.25, 0.3) is 0 Å². The highest BCUT2D eigenvalue weighted by Gasteiger charge is 2.22. The highest BCUT2D eigenvalue weighted by molar-refractivity contribution is 7.03. The maximum Gasteiger partial charge on any atom is 0.192 e. The number of benzene rings is 1. The second-order valence-electron chi connectivity index (χ2n) is 4.38. The highest BCUT2D eigenvalue weighted by Crippen LogP contribution is 2.30. The molecule has 0 bridgehead atoms. The summed E-state index contributed by atoms with van der Waals surface area (Å²) in [6.45, 7) is 2.46. The van der Waals surface area contributed by atoms with Crippen LogP contribution in [-0.2, 0) is 0 Å². The third kappa shape index (κ3) is 2.29. The third-order valence-electron chi connectivity index (χ3n) is 3.06. The number of hydrogen-bond donors (Lipinski definition) is 0.